The first-order valence-corrected chi connectivity index (χ1v) is 15.8. The number of amides is 2. The average molecular weight is 685 g/mol. The molecule has 5 rings (SSSR count). The lowest BCUT2D eigenvalue weighted by atomic mass is 10.1. The van der Waals surface area contributed by atoms with Crippen LogP contribution in [0.4, 0.5) is 17.1 Å². The van der Waals surface area contributed by atoms with Crippen LogP contribution in [0.15, 0.2) is 101 Å². The number of anilines is 3. The topological polar surface area (TPSA) is 131 Å². The number of rotatable bonds is 8. The third-order valence-electron chi connectivity index (χ3n) is 6.83. The van der Waals surface area contributed by atoms with Crippen LogP contribution in [0.25, 0.3) is 5.69 Å². The van der Waals surface area contributed by atoms with E-state index in [4.69, 9.17) is 34.8 Å². The van der Waals surface area contributed by atoms with Gasteiger partial charge in [0.2, 0.25) is 0 Å². The molecule has 0 radical (unpaired) electrons. The van der Waals surface area contributed by atoms with E-state index in [1.807, 2.05) is 6.07 Å². The Bertz CT molecular complexity index is 2130. The molecular formula is C31H24Cl3N5O5S. The van der Waals surface area contributed by atoms with Crippen LogP contribution < -0.4 is 20.9 Å². The van der Waals surface area contributed by atoms with E-state index < -0.39 is 27.4 Å². The fourth-order valence-electron chi connectivity index (χ4n) is 4.47. The number of nitrogens with one attached hydrogen (secondary N) is 3. The second-order valence-corrected chi connectivity index (χ2v) is 12.7. The van der Waals surface area contributed by atoms with Crippen molar-refractivity contribution in [2.75, 3.05) is 15.4 Å². The molecule has 230 valence electrons. The van der Waals surface area contributed by atoms with Gasteiger partial charge in [0.15, 0.2) is 0 Å². The Labute approximate surface area is 273 Å². The van der Waals surface area contributed by atoms with E-state index in [1.165, 1.54) is 47.1 Å². The van der Waals surface area contributed by atoms with Crippen LogP contribution in [0.1, 0.15) is 26.4 Å². The summed E-state index contributed by atoms with van der Waals surface area (Å²) < 4.78 is 31.7. The van der Waals surface area contributed by atoms with Gasteiger partial charge in [-0.3, -0.25) is 23.8 Å². The van der Waals surface area contributed by atoms with Gasteiger partial charge in [-0.1, -0.05) is 59.1 Å². The van der Waals surface area contributed by atoms with E-state index in [-0.39, 0.29) is 48.2 Å². The van der Waals surface area contributed by atoms with Crippen molar-refractivity contribution in [1.29, 1.82) is 0 Å². The second-order valence-electron chi connectivity index (χ2n) is 9.80. The Balaban J connectivity index is 1.35. The van der Waals surface area contributed by atoms with Crippen molar-refractivity contribution in [3.8, 4) is 5.69 Å². The van der Waals surface area contributed by atoms with Gasteiger partial charge in [-0.2, -0.15) is 0 Å². The molecule has 3 N–H and O–H groups in total. The number of carbonyl (C=O) groups is 2. The van der Waals surface area contributed by atoms with E-state index in [2.05, 4.69) is 15.4 Å². The Morgan fingerprint density at radius 1 is 0.756 bits per heavy atom. The number of halogens is 3. The van der Waals surface area contributed by atoms with Crippen LogP contribution in [0.2, 0.25) is 15.1 Å². The molecule has 0 unspecified atom stereocenters. The Hall–Kier alpha value is -4.55. The van der Waals surface area contributed by atoms with Crippen molar-refractivity contribution in [2.45, 2.75) is 11.8 Å². The van der Waals surface area contributed by atoms with Gasteiger partial charge in [-0.05, 0) is 73.7 Å². The minimum atomic E-state index is -4.27. The molecule has 0 saturated carbocycles. The highest BCUT2D eigenvalue weighted by Crippen LogP contribution is 2.30. The van der Waals surface area contributed by atoms with E-state index >= 15 is 0 Å². The lowest BCUT2D eigenvalue weighted by Crippen LogP contribution is -2.23. The highest BCUT2D eigenvalue weighted by atomic mass is 35.5. The first-order chi connectivity index (χ1) is 21.4. The summed E-state index contributed by atoms with van der Waals surface area (Å²) in [6.07, 6.45) is 0. The van der Waals surface area contributed by atoms with Crippen LogP contribution >= 0.6 is 34.8 Å². The first kappa shape index (κ1) is 31.9. The number of sulfonamides is 1. The first-order valence-electron chi connectivity index (χ1n) is 13.2. The summed E-state index contributed by atoms with van der Waals surface area (Å²) in [5, 5.41) is 5.58. The molecule has 14 heteroatoms. The van der Waals surface area contributed by atoms with Crippen molar-refractivity contribution in [3.63, 3.8) is 0 Å². The third-order valence-corrected chi connectivity index (χ3v) is 9.24. The van der Waals surface area contributed by atoms with Crippen molar-refractivity contribution in [1.82, 2.24) is 9.36 Å². The van der Waals surface area contributed by atoms with Crippen molar-refractivity contribution in [3.05, 3.63) is 133 Å². The van der Waals surface area contributed by atoms with Gasteiger partial charge >= 0.3 is 0 Å². The van der Waals surface area contributed by atoms with E-state index in [1.54, 1.807) is 55.1 Å². The fraction of sp³-hybridized carbons (Fsp3) is 0.0645. The number of para-hydroxylation sites is 1. The molecule has 5 aromatic rings. The van der Waals surface area contributed by atoms with Gasteiger partial charge in [0, 0.05) is 28.9 Å². The molecule has 45 heavy (non-hydrogen) atoms. The second kappa shape index (κ2) is 12.8. The van der Waals surface area contributed by atoms with Gasteiger partial charge < -0.3 is 10.6 Å². The number of benzene rings is 4. The minimum absolute atomic E-state index is 0.0202. The smallest absolute Gasteiger partial charge is 0.295 e. The van der Waals surface area contributed by atoms with Crippen molar-refractivity contribution in [2.24, 2.45) is 7.05 Å². The monoisotopic (exact) mass is 683 g/mol. The molecule has 4 aromatic carbocycles. The maximum atomic E-state index is 13.2. The average Bonchev–Trinajstić information content (AvgIpc) is 3.22. The predicted octanol–water partition coefficient (Wildman–Crippen LogP) is 6.75. The molecule has 0 aliphatic rings. The maximum absolute atomic E-state index is 13.2. The van der Waals surface area contributed by atoms with Gasteiger partial charge in [0.05, 0.1) is 27.1 Å². The summed E-state index contributed by atoms with van der Waals surface area (Å²) >= 11 is 18.3. The van der Waals surface area contributed by atoms with Crippen LogP contribution in [-0.2, 0) is 17.1 Å². The summed E-state index contributed by atoms with van der Waals surface area (Å²) in [4.78, 5) is 39.2. The van der Waals surface area contributed by atoms with Crippen LogP contribution in [0.5, 0.6) is 0 Å². The van der Waals surface area contributed by atoms with Crippen LogP contribution in [0, 0.1) is 6.92 Å². The zero-order chi connectivity index (χ0) is 32.5. The Kier molecular flexibility index (Phi) is 9.08. The molecule has 10 nitrogen and oxygen atoms in total. The maximum Gasteiger partial charge on any atom is 0.295 e. The zero-order valence-corrected chi connectivity index (χ0v) is 26.7. The molecule has 2 amide bonds. The van der Waals surface area contributed by atoms with E-state index in [9.17, 15) is 22.8 Å². The lowest BCUT2D eigenvalue weighted by Gasteiger charge is -2.13. The predicted molar refractivity (Wildman–Crippen MR) is 177 cm³/mol. The molecule has 0 spiro atoms. The molecule has 1 heterocycles. The standard InChI is InChI=1S/C31H24Cl3N5O5S/c1-18-28(31(42)39(38(18)2)23-9-4-3-5-10-23)36-30(41)19-7-6-8-22(15-19)35-29(40)20-11-13-25(34)27(16-20)45(43,44)37-26-17-21(32)12-14-24(26)33/h3-17,37H,1-2H3,(H,35,40)(H,36,41). The largest absolute Gasteiger partial charge is 0.322 e. The molecule has 0 atom stereocenters. The summed E-state index contributed by atoms with van der Waals surface area (Å²) in [7, 11) is -2.56. The van der Waals surface area contributed by atoms with Gasteiger partial charge in [-0.25, -0.2) is 13.1 Å². The SMILES string of the molecule is Cc1c(NC(=O)c2cccc(NC(=O)c3ccc(Cl)c(S(=O)(=O)Nc4cc(Cl)ccc4Cl)c3)c2)c(=O)n(-c2ccccc2)n1C. The summed E-state index contributed by atoms with van der Waals surface area (Å²) in [5.74, 6) is -1.23. The van der Waals surface area contributed by atoms with Gasteiger partial charge in [0.1, 0.15) is 10.6 Å². The van der Waals surface area contributed by atoms with Crippen molar-refractivity contribution >= 4 is 73.7 Å². The highest BCUT2D eigenvalue weighted by Gasteiger charge is 2.23. The van der Waals surface area contributed by atoms with Crippen molar-refractivity contribution < 1.29 is 18.0 Å². The zero-order valence-electron chi connectivity index (χ0n) is 23.6. The number of nitrogens with zero attached hydrogens (tertiary/aromatic N) is 2. The molecule has 0 bridgehead atoms. The van der Waals surface area contributed by atoms with Crippen LogP contribution in [0.3, 0.4) is 0 Å². The van der Waals surface area contributed by atoms with Gasteiger partial charge in [-0.15, -0.1) is 0 Å². The summed E-state index contributed by atoms with van der Waals surface area (Å²) in [6, 6.07) is 23.1. The summed E-state index contributed by atoms with van der Waals surface area (Å²) in [5.41, 5.74) is 1.33. The lowest BCUT2D eigenvalue weighted by molar-refractivity contribution is 0.101. The highest BCUT2D eigenvalue weighted by molar-refractivity contribution is 7.92. The number of aromatic nitrogens is 2. The third kappa shape index (κ3) is 6.76. The quantitative estimate of drug-likeness (QED) is 0.166. The summed E-state index contributed by atoms with van der Waals surface area (Å²) in [6.45, 7) is 1.72. The molecular weight excluding hydrogens is 661 g/mol. The van der Waals surface area contributed by atoms with Gasteiger partial charge in [0.25, 0.3) is 27.4 Å². The molecule has 0 aliphatic heterocycles. The van der Waals surface area contributed by atoms with E-state index in [0.717, 1.165) is 6.07 Å². The number of carbonyl (C=O) groups excluding carboxylic acids is 2. The molecule has 0 fully saturated rings. The molecule has 0 aliphatic carbocycles. The Morgan fingerprint density at radius 3 is 2.16 bits per heavy atom. The normalized spacial score (nSPS) is 11.2. The Morgan fingerprint density at radius 2 is 1.42 bits per heavy atom. The van der Waals surface area contributed by atoms with Crippen LogP contribution in [-0.4, -0.2) is 29.6 Å². The number of hydrogen-bond donors (Lipinski definition) is 3. The fourth-order valence-corrected chi connectivity index (χ4v) is 6.46. The molecule has 1 aromatic heterocycles. The minimum Gasteiger partial charge on any atom is -0.322 e. The number of hydrogen-bond acceptors (Lipinski definition) is 5. The van der Waals surface area contributed by atoms with E-state index in [0.29, 0.717) is 11.4 Å². The molecule has 0 saturated heterocycles.